The molecule has 0 spiro atoms. The van der Waals surface area contributed by atoms with Crippen LogP contribution in [-0.2, 0) is 4.79 Å². The number of hydrogen-bond acceptors (Lipinski definition) is 1. The maximum atomic E-state index is 10.6. The molecular weight excluding hydrogens is 172 g/mol. The quantitative estimate of drug-likeness (QED) is 0.560. The smallest absolute Gasteiger partial charge is 0.130 e. The lowest BCUT2D eigenvalue weighted by atomic mass is 10.2. The van der Waals surface area contributed by atoms with Crippen LogP contribution in [0.3, 0.4) is 0 Å². The van der Waals surface area contributed by atoms with Gasteiger partial charge in [0.2, 0.25) is 0 Å². The Hall–Kier alpha value is -1.37. The summed E-state index contributed by atoms with van der Waals surface area (Å²) in [6.07, 6.45) is 16.1. The largest absolute Gasteiger partial charge is 0.300 e. The fraction of sp³-hybridized carbons (Fsp3) is 0.308. The van der Waals surface area contributed by atoms with E-state index in [-0.39, 0.29) is 5.78 Å². The zero-order valence-corrected chi connectivity index (χ0v) is 8.78. The van der Waals surface area contributed by atoms with E-state index in [0.717, 1.165) is 12.8 Å². The second-order valence-electron chi connectivity index (χ2n) is 3.00. The van der Waals surface area contributed by atoms with Crippen molar-refractivity contribution >= 4 is 5.78 Å². The maximum Gasteiger partial charge on any atom is 0.130 e. The Morgan fingerprint density at radius 2 is 1.79 bits per heavy atom. The predicted octanol–water partition coefficient (Wildman–Crippen LogP) is 3.60. The highest BCUT2D eigenvalue weighted by molar-refractivity contribution is 5.75. The van der Waals surface area contributed by atoms with Gasteiger partial charge in [-0.15, -0.1) is 0 Å². The summed E-state index contributed by atoms with van der Waals surface area (Å²) in [7, 11) is 0. The number of hydrogen-bond donors (Lipinski definition) is 0. The van der Waals surface area contributed by atoms with Crippen molar-refractivity contribution in [1.29, 1.82) is 0 Å². The Bertz CT molecular complexity index is 244. The van der Waals surface area contributed by atoms with E-state index in [1.54, 1.807) is 13.0 Å². The number of carbonyl (C=O) groups excluding carboxylic acids is 1. The van der Waals surface area contributed by atoms with Gasteiger partial charge in [-0.1, -0.05) is 49.1 Å². The molecule has 0 amide bonds. The monoisotopic (exact) mass is 190 g/mol. The van der Waals surface area contributed by atoms with E-state index < -0.39 is 0 Å². The summed E-state index contributed by atoms with van der Waals surface area (Å²) in [6.45, 7) is 5.19. The van der Waals surface area contributed by atoms with Gasteiger partial charge >= 0.3 is 0 Å². The lowest BCUT2D eigenvalue weighted by Gasteiger charge is -1.85. The van der Waals surface area contributed by atoms with Gasteiger partial charge in [0.25, 0.3) is 0 Å². The molecule has 76 valence electrons. The first-order valence-corrected chi connectivity index (χ1v) is 4.86. The van der Waals surface area contributed by atoms with Crippen LogP contribution in [0, 0.1) is 0 Å². The molecule has 0 aromatic heterocycles. The number of Topliss-reactive ketones (excluding diaryl/α,β-unsaturated/α-hetero) is 1. The summed E-state index contributed by atoms with van der Waals surface area (Å²) in [4.78, 5) is 10.6. The van der Waals surface area contributed by atoms with Crippen LogP contribution in [0.25, 0.3) is 0 Å². The van der Waals surface area contributed by atoms with Gasteiger partial charge in [-0.3, -0.25) is 0 Å². The van der Waals surface area contributed by atoms with E-state index in [9.17, 15) is 4.79 Å². The SMILES string of the molecule is C=CC=CCC=CC=CCCC(C)=O. The van der Waals surface area contributed by atoms with Gasteiger partial charge in [-0.2, -0.15) is 0 Å². The van der Waals surface area contributed by atoms with E-state index in [1.807, 2.05) is 30.4 Å². The van der Waals surface area contributed by atoms with E-state index in [2.05, 4.69) is 12.7 Å². The molecule has 0 aromatic carbocycles. The molecule has 0 atom stereocenters. The van der Waals surface area contributed by atoms with E-state index in [4.69, 9.17) is 0 Å². The molecule has 1 nitrogen and oxygen atoms in total. The van der Waals surface area contributed by atoms with Gasteiger partial charge in [-0.25, -0.2) is 0 Å². The molecule has 0 saturated heterocycles. The predicted molar refractivity (Wildman–Crippen MR) is 62.1 cm³/mol. The highest BCUT2D eigenvalue weighted by atomic mass is 16.1. The number of ketones is 1. The molecule has 0 fully saturated rings. The minimum absolute atomic E-state index is 0.243. The summed E-state index contributed by atoms with van der Waals surface area (Å²) in [6, 6.07) is 0. The molecular formula is C13H18O. The minimum atomic E-state index is 0.243. The zero-order valence-electron chi connectivity index (χ0n) is 8.78. The van der Waals surface area contributed by atoms with Crippen LogP contribution in [0.2, 0.25) is 0 Å². The fourth-order valence-corrected chi connectivity index (χ4v) is 0.872. The van der Waals surface area contributed by atoms with E-state index in [0.29, 0.717) is 6.42 Å². The average molecular weight is 190 g/mol. The number of allylic oxidation sites excluding steroid dienone is 7. The Kier molecular flexibility index (Phi) is 8.77. The molecule has 0 aliphatic rings. The van der Waals surface area contributed by atoms with Crippen LogP contribution in [0.15, 0.2) is 49.1 Å². The third kappa shape index (κ3) is 10.6. The van der Waals surface area contributed by atoms with Crippen molar-refractivity contribution in [2.45, 2.75) is 26.2 Å². The molecule has 0 unspecified atom stereocenters. The number of rotatable bonds is 7. The van der Waals surface area contributed by atoms with Crippen molar-refractivity contribution in [1.82, 2.24) is 0 Å². The maximum absolute atomic E-state index is 10.6. The molecule has 0 saturated carbocycles. The molecule has 0 heterocycles. The van der Waals surface area contributed by atoms with Gasteiger partial charge in [0.1, 0.15) is 5.78 Å². The third-order valence-corrected chi connectivity index (χ3v) is 1.59. The molecule has 0 aliphatic heterocycles. The van der Waals surface area contributed by atoms with Crippen molar-refractivity contribution in [2.75, 3.05) is 0 Å². The topological polar surface area (TPSA) is 17.1 Å². The van der Waals surface area contributed by atoms with Crippen LogP contribution in [-0.4, -0.2) is 5.78 Å². The first-order chi connectivity index (χ1) is 6.77. The summed E-state index contributed by atoms with van der Waals surface area (Å²) in [5, 5.41) is 0. The van der Waals surface area contributed by atoms with Crippen LogP contribution < -0.4 is 0 Å². The Balaban J connectivity index is 3.45. The van der Waals surface area contributed by atoms with Crippen molar-refractivity contribution in [3.8, 4) is 0 Å². The van der Waals surface area contributed by atoms with Crippen LogP contribution in [0.4, 0.5) is 0 Å². The summed E-state index contributed by atoms with van der Waals surface area (Å²) in [5.41, 5.74) is 0. The molecule has 0 rings (SSSR count). The summed E-state index contributed by atoms with van der Waals surface area (Å²) in [5.74, 6) is 0.243. The second-order valence-corrected chi connectivity index (χ2v) is 3.00. The number of carbonyl (C=O) groups is 1. The van der Waals surface area contributed by atoms with Crippen molar-refractivity contribution in [3.63, 3.8) is 0 Å². The lowest BCUT2D eigenvalue weighted by Crippen LogP contribution is -1.85. The normalized spacial score (nSPS) is 11.8. The molecule has 14 heavy (non-hydrogen) atoms. The lowest BCUT2D eigenvalue weighted by molar-refractivity contribution is -0.116. The van der Waals surface area contributed by atoms with Crippen molar-refractivity contribution in [2.24, 2.45) is 0 Å². The van der Waals surface area contributed by atoms with Crippen LogP contribution in [0.1, 0.15) is 26.2 Å². The van der Waals surface area contributed by atoms with E-state index in [1.165, 1.54) is 0 Å². The van der Waals surface area contributed by atoms with E-state index >= 15 is 0 Å². The highest BCUT2D eigenvalue weighted by Gasteiger charge is 1.86. The first-order valence-electron chi connectivity index (χ1n) is 4.86. The fourth-order valence-electron chi connectivity index (χ4n) is 0.872. The molecule has 0 N–H and O–H groups in total. The zero-order chi connectivity index (χ0) is 10.6. The molecule has 0 bridgehead atoms. The highest BCUT2D eigenvalue weighted by Crippen LogP contribution is 1.93. The molecule has 1 heteroatoms. The average Bonchev–Trinajstić information content (AvgIpc) is 2.15. The summed E-state index contributed by atoms with van der Waals surface area (Å²) < 4.78 is 0. The second kappa shape index (κ2) is 9.72. The molecule has 0 aromatic rings. The molecule has 0 radical (unpaired) electrons. The Morgan fingerprint density at radius 1 is 1.14 bits per heavy atom. The Morgan fingerprint density at radius 3 is 2.43 bits per heavy atom. The first kappa shape index (κ1) is 12.6. The van der Waals surface area contributed by atoms with Crippen LogP contribution >= 0.6 is 0 Å². The minimum Gasteiger partial charge on any atom is -0.300 e. The van der Waals surface area contributed by atoms with Crippen molar-refractivity contribution < 1.29 is 4.79 Å². The summed E-state index contributed by atoms with van der Waals surface area (Å²) >= 11 is 0. The van der Waals surface area contributed by atoms with Gasteiger partial charge in [0, 0.05) is 6.42 Å². The van der Waals surface area contributed by atoms with Gasteiger partial charge in [-0.05, 0) is 19.8 Å². The van der Waals surface area contributed by atoms with Crippen LogP contribution in [0.5, 0.6) is 0 Å². The molecule has 0 aliphatic carbocycles. The Labute approximate surface area is 86.5 Å². The van der Waals surface area contributed by atoms with Gasteiger partial charge < -0.3 is 4.79 Å². The standard InChI is InChI=1S/C13H18O/c1-3-4-5-6-7-8-9-10-11-12-13(2)14/h3-5,7-10H,1,6,11-12H2,2H3. The van der Waals surface area contributed by atoms with Gasteiger partial charge in [0.05, 0.1) is 0 Å². The van der Waals surface area contributed by atoms with Gasteiger partial charge in [0.15, 0.2) is 0 Å². The van der Waals surface area contributed by atoms with Crippen molar-refractivity contribution in [3.05, 3.63) is 49.1 Å². The third-order valence-electron chi connectivity index (χ3n) is 1.59.